The first-order valence-corrected chi connectivity index (χ1v) is 46.5. The largest absolute Gasteiger partial charge is 0.497 e. The summed E-state index contributed by atoms with van der Waals surface area (Å²) < 4.78 is 31.1. The Labute approximate surface area is 787 Å². The van der Waals surface area contributed by atoms with Gasteiger partial charge >= 0.3 is 18.0 Å². The van der Waals surface area contributed by atoms with Crippen molar-refractivity contribution in [2.75, 3.05) is 93.9 Å². The van der Waals surface area contributed by atoms with Gasteiger partial charge in [0, 0.05) is 122 Å². The minimum Gasteiger partial charge on any atom is -0.497 e. The molecule has 9 amide bonds. The number of hydrogen-bond acceptors (Lipinski definition) is 23. The van der Waals surface area contributed by atoms with Gasteiger partial charge in [0.25, 0.3) is 0 Å². The van der Waals surface area contributed by atoms with Crippen molar-refractivity contribution in [2.45, 2.75) is 223 Å². The molecule has 9 atom stereocenters. The number of piperidine rings is 3. The average Bonchev–Trinajstić information content (AvgIpc) is 0.846. The molecule has 0 radical (unpaired) electrons. The highest BCUT2D eigenvalue weighted by Crippen LogP contribution is 2.25. The molecule has 0 unspecified atom stereocenters. The second kappa shape index (κ2) is 58.6. The van der Waals surface area contributed by atoms with Crippen molar-refractivity contribution < 1.29 is 96.5 Å². The highest BCUT2D eigenvalue weighted by Gasteiger charge is 2.36. The van der Waals surface area contributed by atoms with Crippen molar-refractivity contribution in [3.05, 3.63) is 233 Å². The van der Waals surface area contributed by atoms with Crippen LogP contribution in [-0.4, -0.2) is 259 Å². The minimum atomic E-state index is -1.12. The number of aliphatic hydroxyl groups excluding tert-OH is 3. The molecule has 0 spiro atoms. The van der Waals surface area contributed by atoms with Gasteiger partial charge in [0.05, 0.1) is 59.8 Å². The molecule has 0 saturated carbocycles. The van der Waals surface area contributed by atoms with Crippen LogP contribution in [0.4, 0.5) is 4.79 Å². The average molecular weight is 1850 g/mol. The van der Waals surface area contributed by atoms with Crippen LogP contribution in [0.1, 0.15) is 161 Å². The number of rotatable bonds is 47. The highest BCUT2D eigenvalue weighted by atomic mass is 16.6. The fourth-order valence-corrected chi connectivity index (χ4v) is 16.0. The number of likely N-dealkylation sites (tertiary alicyclic amines) is 3. The quantitative estimate of drug-likeness (QED) is 0.00981. The van der Waals surface area contributed by atoms with Crippen molar-refractivity contribution in [2.24, 2.45) is 17.2 Å². The number of carbonyl (C=O) groups excluding carboxylic acids is 11. The molecule has 3 aliphatic rings. The van der Waals surface area contributed by atoms with Gasteiger partial charge in [-0.05, 0) is 179 Å². The Bertz CT molecular complexity index is 4760. The smallest absolute Gasteiger partial charge is 0.408 e. The lowest BCUT2D eigenvalue weighted by atomic mass is 10.0. The number of nitrogens with one attached hydrogen (secondary N) is 3. The normalized spacial score (nSPS) is 15.0. The Balaban J connectivity index is 0.000000247. The molecule has 12 N–H and O–H groups in total. The number of carbonyl (C=O) groups is 11. The zero-order valence-electron chi connectivity index (χ0n) is 78.1. The third kappa shape index (κ3) is 38.3. The Morgan fingerprint density at radius 1 is 0.358 bits per heavy atom. The molecule has 0 aromatic heterocycles. The molecule has 7 aromatic carbocycles. The zero-order valence-corrected chi connectivity index (χ0v) is 78.1. The molecule has 0 bridgehead atoms. The molecule has 134 heavy (non-hydrogen) atoms. The molecule has 32 nitrogen and oxygen atoms in total. The van der Waals surface area contributed by atoms with Crippen molar-refractivity contribution in [1.82, 2.24) is 45.3 Å². The fourth-order valence-electron chi connectivity index (χ4n) is 16.0. The molecule has 3 saturated heterocycles. The summed E-state index contributed by atoms with van der Waals surface area (Å²) in [6.45, 7) is 5.89. The van der Waals surface area contributed by atoms with E-state index in [-0.39, 0.29) is 122 Å². The van der Waals surface area contributed by atoms with E-state index in [2.05, 4.69) is 20.7 Å². The maximum absolute atomic E-state index is 14.3. The number of hydrogen-bond donors (Lipinski definition) is 9. The first kappa shape index (κ1) is 107. The maximum Gasteiger partial charge on any atom is 0.408 e. The van der Waals surface area contributed by atoms with Crippen LogP contribution in [0.2, 0.25) is 0 Å². The summed E-state index contributed by atoms with van der Waals surface area (Å²) >= 11 is 0. The van der Waals surface area contributed by atoms with Gasteiger partial charge in [0.1, 0.15) is 48.4 Å². The molecule has 3 fully saturated rings. The monoisotopic (exact) mass is 1850 g/mol. The van der Waals surface area contributed by atoms with E-state index in [0.29, 0.717) is 75.8 Å². The van der Waals surface area contributed by atoms with Crippen LogP contribution in [-0.2, 0) is 108 Å². The van der Waals surface area contributed by atoms with Gasteiger partial charge in [-0.2, -0.15) is 0 Å². The zero-order chi connectivity index (χ0) is 96.5. The van der Waals surface area contributed by atoms with Crippen LogP contribution in [0.15, 0.2) is 194 Å². The Hall–Kier alpha value is -12.3. The first-order valence-electron chi connectivity index (χ1n) is 46.5. The molecular weight excluding hydrogens is 1710 g/mol. The molecule has 726 valence electrons. The van der Waals surface area contributed by atoms with Gasteiger partial charge in [-0.25, -0.2) is 4.79 Å². The number of methoxy groups -OCH3 is 4. The maximum atomic E-state index is 14.3. The number of esters is 2. The standard InChI is InChI=1S/C36H46N4O6.2C33H46N4O7/c1-45-30-17-11-16-29(22-30)24-40(25-33(41)31(37)23-27-12-5-2-6-13-27)35(43)32(18-19-34(42)39-20-9-4-10-21-39)38-36(44)46-26-28-14-7-3-8-15-28;1-43-26-13-9-12-25(20-26)22-37(23-29(38)27(34)21-24-10-5-3-6-11-24)33(42)28(35-30(39)15-17-32(41)44-2)14-16-31(40)36-18-7-4-8-19-36;1-3-44-32(41)21-30(39)35-28(15-16-31(40)36-17-8-5-9-18-36)33(42)37(22-25-13-10-14-26(19-25)43-2)23-29(38)27(34)20-24-11-6-4-7-12-24/h2-3,5-8,11-17,22,31-33,41H,4,9-10,18-21,23-26,37H2,1H3,(H,38,44);3,5-6,9-13,20,27-29,38H,4,7-8,14-19,21-23,34H2,1-2H3,(H,35,39);4,6-7,10-14,19,27-29,38H,3,5,8-9,15-18,20-23,34H2,1-2H3,(H,35,39)/t31-,32+,33+;2*27-,28+,29+/m000/s1. The van der Waals surface area contributed by atoms with Gasteiger partial charge in [0.15, 0.2) is 0 Å². The Kier molecular flexibility index (Phi) is 46.8. The molecule has 7 aromatic rings. The third-order valence-electron chi connectivity index (χ3n) is 23.6. The summed E-state index contributed by atoms with van der Waals surface area (Å²) in [5.74, 6) is -2.25. The molecular formula is C102H138N12O20. The summed E-state index contributed by atoms with van der Waals surface area (Å²) in [5.41, 5.74) is 25.1. The van der Waals surface area contributed by atoms with E-state index in [1.54, 1.807) is 80.5 Å². The summed E-state index contributed by atoms with van der Waals surface area (Å²) in [5, 5.41) is 41.6. The molecule has 32 heteroatoms. The van der Waals surface area contributed by atoms with Crippen LogP contribution in [0.3, 0.4) is 0 Å². The minimum absolute atomic E-state index is 0.0286. The second-order valence-electron chi connectivity index (χ2n) is 34.0. The molecule has 3 heterocycles. The van der Waals surface area contributed by atoms with E-state index < -0.39 is 109 Å². The van der Waals surface area contributed by atoms with Gasteiger partial charge < -0.3 is 106 Å². The summed E-state index contributed by atoms with van der Waals surface area (Å²) in [7, 11) is 5.90. The lowest BCUT2D eigenvalue weighted by molar-refractivity contribution is -0.148. The lowest BCUT2D eigenvalue weighted by Gasteiger charge is -2.32. The molecule has 0 aliphatic carbocycles. The lowest BCUT2D eigenvalue weighted by Crippen LogP contribution is -2.53. The van der Waals surface area contributed by atoms with Crippen LogP contribution in [0.25, 0.3) is 0 Å². The van der Waals surface area contributed by atoms with E-state index >= 15 is 0 Å². The number of benzene rings is 7. The van der Waals surface area contributed by atoms with Crippen LogP contribution in [0, 0.1) is 0 Å². The SMILES string of the molecule is CCOC(=O)CC(=O)N[C@H](CCC(=O)N1CCCCC1)C(=O)N(Cc1cccc(OC)c1)C[C@@H](O)[C@@H](N)Cc1ccccc1.COC(=O)CCC(=O)N[C@H](CCC(=O)N1CCCCC1)C(=O)N(Cc1cccc(OC)c1)C[C@@H](O)[C@@H](N)Cc1ccccc1.COc1cccc(CN(C[C@@H](O)[C@@H](N)Cc2ccccc2)C(=O)[C@@H](CCC(=O)N2CCCCC2)NC(=O)OCc2ccccc2)c1. The van der Waals surface area contributed by atoms with E-state index in [9.17, 15) is 68.1 Å². The number of alkyl carbamates (subject to hydrolysis) is 1. The second-order valence-corrected chi connectivity index (χ2v) is 34.0. The van der Waals surface area contributed by atoms with Crippen molar-refractivity contribution in [3.8, 4) is 17.2 Å². The van der Waals surface area contributed by atoms with Gasteiger partial charge in [-0.15, -0.1) is 0 Å². The number of amides is 9. The van der Waals surface area contributed by atoms with Gasteiger partial charge in [0.2, 0.25) is 47.3 Å². The predicted octanol–water partition coefficient (Wildman–Crippen LogP) is 8.41. The number of ether oxygens (including phenoxy) is 6. The molecule has 10 rings (SSSR count). The van der Waals surface area contributed by atoms with E-state index in [0.717, 1.165) is 96.7 Å². The topological polar surface area (TPSA) is 437 Å². The van der Waals surface area contributed by atoms with Crippen molar-refractivity contribution in [3.63, 3.8) is 0 Å². The Morgan fingerprint density at radius 3 is 0.978 bits per heavy atom. The fraction of sp³-hybridized carbons (Fsp3) is 0.480. The first-order chi connectivity index (χ1) is 64.7. The van der Waals surface area contributed by atoms with Gasteiger partial charge in [-0.1, -0.05) is 158 Å². The summed E-state index contributed by atoms with van der Waals surface area (Å²) in [4.78, 5) is 154. The van der Waals surface area contributed by atoms with Gasteiger partial charge in [-0.3, -0.25) is 47.9 Å². The predicted molar refractivity (Wildman–Crippen MR) is 507 cm³/mol. The van der Waals surface area contributed by atoms with E-state index in [4.69, 9.17) is 40.9 Å². The highest BCUT2D eigenvalue weighted by molar-refractivity contribution is 5.97. The Morgan fingerprint density at radius 2 is 0.664 bits per heavy atom. The van der Waals surface area contributed by atoms with Crippen molar-refractivity contribution in [1.29, 1.82) is 0 Å². The summed E-state index contributed by atoms with van der Waals surface area (Å²) in [6, 6.07) is 54.4. The van der Waals surface area contributed by atoms with Crippen LogP contribution >= 0.6 is 0 Å². The van der Waals surface area contributed by atoms with E-state index in [1.807, 2.05) is 157 Å². The van der Waals surface area contributed by atoms with Crippen LogP contribution in [0.5, 0.6) is 17.2 Å². The van der Waals surface area contributed by atoms with Crippen molar-refractivity contribution >= 4 is 65.3 Å². The number of nitrogens with two attached hydrogens (primary N) is 3. The van der Waals surface area contributed by atoms with Crippen LogP contribution < -0.4 is 47.4 Å². The summed E-state index contributed by atoms with van der Waals surface area (Å²) in [6.07, 6.45) is 5.61. The number of nitrogens with zero attached hydrogens (tertiary/aromatic N) is 6. The molecule has 3 aliphatic heterocycles. The third-order valence-corrected chi connectivity index (χ3v) is 23.6. The van der Waals surface area contributed by atoms with E-state index in [1.165, 1.54) is 21.8 Å². The number of aliphatic hydroxyl groups is 3.